The van der Waals surface area contributed by atoms with E-state index in [4.69, 9.17) is 4.42 Å². The highest BCUT2D eigenvalue weighted by atomic mass is 19.1. The predicted molar refractivity (Wildman–Crippen MR) is 100 cm³/mol. The number of fused-ring (bicyclic) bond motifs is 1. The van der Waals surface area contributed by atoms with E-state index in [0.717, 1.165) is 43.3 Å². The van der Waals surface area contributed by atoms with Crippen molar-refractivity contribution in [1.82, 2.24) is 25.0 Å². The van der Waals surface area contributed by atoms with Crippen molar-refractivity contribution < 1.29 is 13.6 Å². The second kappa shape index (κ2) is 8.35. The van der Waals surface area contributed by atoms with Gasteiger partial charge in [0.1, 0.15) is 23.7 Å². The van der Waals surface area contributed by atoms with E-state index in [2.05, 4.69) is 25.0 Å². The number of carbonyl (C=O) groups excluding carboxylic acids is 1. The fraction of sp³-hybridized carbons (Fsp3) is 0.350. The molecule has 3 aromatic rings. The standard InChI is InChI=1S/C20H22FN5O2/c21-17-3-1-2-15(12-17)13-25-8-5-19-24-23-18(26(19)10-9-25)4-7-22-20(27)16-6-11-28-14-16/h1-3,6,11-12,14H,4-5,7-10,13H2,(H,22,27). The van der Waals surface area contributed by atoms with Crippen molar-refractivity contribution in [2.24, 2.45) is 0 Å². The lowest BCUT2D eigenvalue weighted by Crippen LogP contribution is -2.28. The van der Waals surface area contributed by atoms with E-state index in [1.54, 1.807) is 18.2 Å². The first-order chi connectivity index (χ1) is 13.7. The number of rotatable bonds is 6. The topological polar surface area (TPSA) is 76.2 Å². The fourth-order valence-corrected chi connectivity index (χ4v) is 3.45. The monoisotopic (exact) mass is 383 g/mol. The Morgan fingerprint density at radius 1 is 1.21 bits per heavy atom. The number of hydrogen-bond acceptors (Lipinski definition) is 5. The third kappa shape index (κ3) is 4.28. The molecule has 1 aliphatic rings. The van der Waals surface area contributed by atoms with Crippen LogP contribution in [0.1, 0.15) is 27.6 Å². The third-order valence-corrected chi connectivity index (χ3v) is 4.91. The molecule has 28 heavy (non-hydrogen) atoms. The summed E-state index contributed by atoms with van der Waals surface area (Å²) in [4.78, 5) is 14.3. The largest absolute Gasteiger partial charge is 0.472 e. The van der Waals surface area contributed by atoms with Crippen LogP contribution in [0, 0.1) is 5.82 Å². The van der Waals surface area contributed by atoms with Crippen molar-refractivity contribution in [1.29, 1.82) is 0 Å². The van der Waals surface area contributed by atoms with E-state index in [0.29, 0.717) is 25.1 Å². The summed E-state index contributed by atoms with van der Waals surface area (Å²) in [5.41, 5.74) is 1.48. The van der Waals surface area contributed by atoms with Gasteiger partial charge in [-0.2, -0.15) is 0 Å². The van der Waals surface area contributed by atoms with Crippen LogP contribution in [-0.2, 0) is 25.9 Å². The molecular weight excluding hydrogens is 361 g/mol. The zero-order valence-corrected chi connectivity index (χ0v) is 15.5. The predicted octanol–water partition coefficient (Wildman–Crippen LogP) is 2.04. The maximum atomic E-state index is 13.4. The maximum Gasteiger partial charge on any atom is 0.254 e. The van der Waals surface area contributed by atoms with E-state index in [1.807, 2.05) is 6.07 Å². The lowest BCUT2D eigenvalue weighted by molar-refractivity contribution is 0.0953. The van der Waals surface area contributed by atoms with Gasteiger partial charge in [-0.15, -0.1) is 10.2 Å². The Morgan fingerprint density at radius 2 is 2.14 bits per heavy atom. The highest BCUT2D eigenvalue weighted by Gasteiger charge is 2.19. The van der Waals surface area contributed by atoms with Crippen molar-refractivity contribution in [3.8, 4) is 0 Å². The summed E-state index contributed by atoms with van der Waals surface area (Å²) in [5.74, 6) is 1.46. The number of hydrogen-bond donors (Lipinski definition) is 1. The minimum absolute atomic E-state index is 0.161. The average molecular weight is 383 g/mol. The minimum atomic E-state index is -0.204. The van der Waals surface area contributed by atoms with Crippen molar-refractivity contribution in [3.63, 3.8) is 0 Å². The van der Waals surface area contributed by atoms with Gasteiger partial charge in [0, 0.05) is 45.6 Å². The van der Waals surface area contributed by atoms with Gasteiger partial charge in [0.05, 0.1) is 11.8 Å². The van der Waals surface area contributed by atoms with Gasteiger partial charge in [-0.05, 0) is 23.8 Å². The van der Waals surface area contributed by atoms with Crippen molar-refractivity contribution in [2.45, 2.75) is 25.9 Å². The zero-order chi connectivity index (χ0) is 19.3. The molecule has 1 amide bonds. The summed E-state index contributed by atoms with van der Waals surface area (Å²) < 4.78 is 20.5. The molecule has 4 rings (SSSR count). The van der Waals surface area contributed by atoms with E-state index < -0.39 is 0 Å². The molecule has 0 atom stereocenters. The van der Waals surface area contributed by atoms with Crippen LogP contribution >= 0.6 is 0 Å². The van der Waals surface area contributed by atoms with Crippen LogP contribution in [0.25, 0.3) is 0 Å². The van der Waals surface area contributed by atoms with Gasteiger partial charge < -0.3 is 14.3 Å². The summed E-state index contributed by atoms with van der Waals surface area (Å²) in [5, 5.41) is 11.5. The van der Waals surface area contributed by atoms with Crippen LogP contribution in [0.2, 0.25) is 0 Å². The van der Waals surface area contributed by atoms with Gasteiger partial charge in [-0.3, -0.25) is 9.69 Å². The van der Waals surface area contributed by atoms with Crippen LogP contribution in [0.5, 0.6) is 0 Å². The molecule has 0 aliphatic carbocycles. The maximum absolute atomic E-state index is 13.4. The van der Waals surface area contributed by atoms with Crippen LogP contribution in [-0.4, -0.2) is 45.2 Å². The number of nitrogens with zero attached hydrogens (tertiary/aromatic N) is 4. The highest BCUT2D eigenvalue weighted by Crippen LogP contribution is 2.13. The number of aromatic nitrogens is 3. The fourth-order valence-electron chi connectivity index (χ4n) is 3.45. The Morgan fingerprint density at radius 3 is 2.96 bits per heavy atom. The molecule has 3 heterocycles. The lowest BCUT2D eigenvalue weighted by Gasteiger charge is -2.19. The highest BCUT2D eigenvalue weighted by molar-refractivity contribution is 5.93. The number of furan rings is 1. The van der Waals surface area contributed by atoms with Crippen molar-refractivity contribution in [3.05, 3.63) is 71.5 Å². The van der Waals surface area contributed by atoms with Crippen LogP contribution < -0.4 is 5.32 Å². The van der Waals surface area contributed by atoms with Gasteiger partial charge in [-0.25, -0.2) is 4.39 Å². The van der Waals surface area contributed by atoms with Crippen LogP contribution in [0.15, 0.2) is 47.3 Å². The summed E-state index contributed by atoms with van der Waals surface area (Å²) in [7, 11) is 0. The Balaban J connectivity index is 1.32. The van der Waals surface area contributed by atoms with Gasteiger partial charge in [0.25, 0.3) is 5.91 Å². The Kier molecular flexibility index (Phi) is 5.48. The summed E-state index contributed by atoms with van der Waals surface area (Å²) in [6.45, 7) is 3.67. The molecular formula is C20H22FN5O2. The van der Waals surface area contributed by atoms with E-state index in [9.17, 15) is 9.18 Å². The molecule has 1 N–H and O–H groups in total. The van der Waals surface area contributed by atoms with E-state index in [-0.39, 0.29) is 11.7 Å². The van der Waals surface area contributed by atoms with E-state index >= 15 is 0 Å². The molecule has 0 fully saturated rings. The smallest absolute Gasteiger partial charge is 0.254 e. The lowest BCUT2D eigenvalue weighted by atomic mass is 10.2. The number of nitrogens with one attached hydrogen (secondary N) is 1. The van der Waals surface area contributed by atoms with Crippen molar-refractivity contribution >= 4 is 5.91 Å². The Hall–Kier alpha value is -3.00. The third-order valence-electron chi connectivity index (χ3n) is 4.91. The Labute approximate surface area is 162 Å². The molecule has 0 unspecified atom stereocenters. The normalized spacial score (nSPS) is 14.5. The molecule has 0 saturated heterocycles. The first-order valence-electron chi connectivity index (χ1n) is 9.37. The first kappa shape index (κ1) is 18.4. The van der Waals surface area contributed by atoms with Gasteiger partial charge in [-0.1, -0.05) is 12.1 Å². The molecule has 8 heteroatoms. The molecule has 1 aromatic carbocycles. The minimum Gasteiger partial charge on any atom is -0.472 e. The van der Waals surface area contributed by atoms with Gasteiger partial charge in [0.2, 0.25) is 0 Å². The molecule has 0 bridgehead atoms. The molecule has 0 spiro atoms. The van der Waals surface area contributed by atoms with Gasteiger partial charge >= 0.3 is 0 Å². The summed E-state index contributed by atoms with van der Waals surface area (Å²) in [6.07, 6.45) is 4.30. The second-order valence-electron chi connectivity index (χ2n) is 6.86. The molecule has 0 saturated carbocycles. The van der Waals surface area contributed by atoms with Crippen LogP contribution in [0.4, 0.5) is 4.39 Å². The van der Waals surface area contributed by atoms with Gasteiger partial charge in [0.15, 0.2) is 0 Å². The number of amides is 1. The Bertz CT molecular complexity index is 938. The number of carbonyl (C=O) groups is 1. The summed E-state index contributed by atoms with van der Waals surface area (Å²) >= 11 is 0. The quantitative estimate of drug-likeness (QED) is 0.705. The molecule has 146 valence electrons. The van der Waals surface area contributed by atoms with E-state index in [1.165, 1.54) is 18.6 Å². The molecule has 0 radical (unpaired) electrons. The number of halogens is 1. The average Bonchev–Trinajstić information content (AvgIpc) is 3.30. The molecule has 2 aromatic heterocycles. The number of benzene rings is 1. The first-order valence-corrected chi connectivity index (χ1v) is 9.37. The molecule has 1 aliphatic heterocycles. The molecule has 7 nitrogen and oxygen atoms in total. The summed E-state index contributed by atoms with van der Waals surface area (Å²) in [6, 6.07) is 8.37. The SMILES string of the molecule is O=C(NCCc1nnc2n1CCN(Cc1cccc(F)c1)CC2)c1ccoc1. The second-order valence-corrected chi connectivity index (χ2v) is 6.86. The van der Waals surface area contributed by atoms with Crippen LogP contribution in [0.3, 0.4) is 0 Å². The zero-order valence-electron chi connectivity index (χ0n) is 15.5. The van der Waals surface area contributed by atoms with Crippen molar-refractivity contribution in [2.75, 3.05) is 19.6 Å².